The summed E-state index contributed by atoms with van der Waals surface area (Å²) in [6.45, 7) is 2.26. The maximum absolute atomic E-state index is 8.93. The molecule has 0 unspecified atom stereocenters. The van der Waals surface area contributed by atoms with Gasteiger partial charge in [-0.2, -0.15) is 5.26 Å². The average Bonchev–Trinajstić information content (AvgIpc) is 2.47. The van der Waals surface area contributed by atoms with Crippen LogP contribution in [-0.2, 0) is 0 Å². The summed E-state index contributed by atoms with van der Waals surface area (Å²) >= 11 is 0. The van der Waals surface area contributed by atoms with Gasteiger partial charge in [-0.05, 0) is 54.8 Å². The first-order valence-corrected chi connectivity index (χ1v) is 6.64. The fourth-order valence-electron chi connectivity index (χ4n) is 3.09. The first-order chi connectivity index (χ1) is 8.86. The summed E-state index contributed by atoms with van der Waals surface area (Å²) in [5, 5.41) is 12.4. The monoisotopic (exact) mass is 239 g/mol. The Morgan fingerprint density at radius 3 is 3.17 bits per heavy atom. The molecule has 3 heteroatoms. The second-order valence-corrected chi connectivity index (χ2v) is 5.22. The lowest BCUT2D eigenvalue weighted by Gasteiger charge is -2.34. The number of fused-ring (bicyclic) bond motifs is 1. The van der Waals surface area contributed by atoms with Gasteiger partial charge in [0.2, 0.25) is 0 Å². The Balaban J connectivity index is 1.88. The summed E-state index contributed by atoms with van der Waals surface area (Å²) in [5.41, 5.74) is 3.14. The molecule has 1 aromatic heterocycles. The van der Waals surface area contributed by atoms with Gasteiger partial charge in [0.25, 0.3) is 0 Å². The van der Waals surface area contributed by atoms with Crippen molar-refractivity contribution in [2.24, 2.45) is 11.8 Å². The molecule has 1 N–H and O–H groups in total. The van der Waals surface area contributed by atoms with Crippen LogP contribution in [0.1, 0.15) is 30.4 Å². The van der Waals surface area contributed by atoms with Gasteiger partial charge in [0.1, 0.15) is 6.07 Å². The van der Waals surface area contributed by atoms with Crippen LogP contribution in [0.15, 0.2) is 24.5 Å². The van der Waals surface area contributed by atoms with Crippen molar-refractivity contribution >= 4 is 5.57 Å². The van der Waals surface area contributed by atoms with E-state index in [2.05, 4.69) is 22.4 Å². The predicted molar refractivity (Wildman–Crippen MR) is 70.6 cm³/mol. The SMILES string of the molecule is N#Cc1cncc(C2=C[C@@H]3CNCC[C@@H]3CC2)c1. The predicted octanol–water partition coefficient (Wildman–Crippen LogP) is 2.36. The van der Waals surface area contributed by atoms with E-state index in [-0.39, 0.29) is 0 Å². The molecule has 1 aromatic rings. The van der Waals surface area contributed by atoms with Crippen LogP contribution >= 0.6 is 0 Å². The molecular formula is C15H17N3. The number of nitriles is 1. The van der Waals surface area contributed by atoms with Crippen LogP contribution in [0.3, 0.4) is 0 Å². The molecule has 1 fully saturated rings. The molecule has 0 spiro atoms. The number of hydrogen-bond acceptors (Lipinski definition) is 3. The fourth-order valence-corrected chi connectivity index (χ4v) is 3.09. The van der Waals surface area contributed by atoms with E-state index >= 15 is 0 Å². The lowest BCUT2D eigenvalue weighted by Crippen LogP contribution is -2.37. The molecule has 0 bridgehead atoms. The number of rotatable bonds is 1. The van der Waals surface area contributed by atoms with Gasteiger partial charge in [-0.3, -0.25) is 4.98 Å². The normalized spacial score (nSPS) is 26.9. The average molecular weight is 239 g/mol. The minimum Gasteiger partial charge on any atom is -0.316 e. The van der Waals surface area contributed by atoms with Gasteiger partial charge in [-0.1, -0.05) is 6.08 Å². The maximum Gasteiger partial charge on any atom is 0.101 e. The second-order valence-electron chi connectivity index (χ2n) is 5.22. The highest BCUT2D eigenvalue weighted by atomic mass is 14.9. The van der Waals surface area contributed by atoms with Gasteiger partial charge in [0.05, 0.1) is 5.56 Å². The van der Waals surface area contributed by atoms with Crippen molar-refractivity contribution < 1.29 is 0 Å². The van der Waals surface area contributed by atoms with E-state index in [1.165, 1.54) is 18.4 Å². The summed E-state index contributed by atoms with van der Waals surface area (Å²) in [5.74, 6) is 1.51. The van der Waals surface area contributed by atoms with E-state index in [1.54, 1.807) is 6.20 Å². The highest BCUT2D eigenvalue weighted by molar-refractivity contribution is 5.67. The molecule has 0 saturated carbocycles. The van der Waals surface area contributed by atoms with Crippen molar-refractivity contribution in [1.29, 1.82) is 5.26 Å². The highest BCUT2D eigenvalue weighted by Gasteiger charge is 2.27. The fraction of sp³-hybridized carbons (Fsp3) is 0.467. The number of piperidine rings is 1. The number of nitrogens with one attached hydrogen (secondary N) is 1. The van der Waals surface area contributed by atoms with E-state index in [4.69, 9.17) is 5.26 Å². The van der Waals surface area contributed by atoms with Crippen molar-refractivity contribution in [2.45, 2.75) is 19.3 Å². The van der Waals surface area contributed by atoms with Crippen molar-refractivity contribution in [3.63, 3.8) is 0 Å². The van der Waals surface area contributed by atoms with Gasteiger partial charge in [0.15, 0.2) is 0 Å². The van der Waals surface area contributed by atoms with Crippen molar-refractivity contribution in [3.8, 4) is 6.07 Å². The molecule has 1 aliphatic carbocycles. The van der Waals surface area contributed by atoms with Crippen molar-refractivity contribution in [2.75, 3.05) is 13.1 Å². The molecule has 92 valence electrons. The maximum atomic E-state index is 8.93. The number of nitrogens with zero attached hydrogens (tertiary/aromatic N) is 2. The minimum absolute atomic E-state index is 0.650. The third-order valence-corrected chi connectivity index (χ3v) is 4.12. The number of hydrogen-bond donors (Lipinski definition) is 1. The Morgan fingerprint density at radius 2 is 2.28 bits per heavy atom. The Hall–Kier alpha value is -1.66. The molecule has 1 saturated heterocycles. The van der Waals surface area contributed by atoms with E-state index < -0.39 is 0 Å². The van der Waals surface area contributed by atoms with E-state index in [1.807, 2.05) is 12.3 Å². The molecule has 3 rings (SSSR count). The summed E-state index contributed by atoms with van der Waals surface area (Å²) in [6.07, 6.45) is 9.59. The summed E-state index contributed by atoms with van der Waals surface area (Å²) in [4.78, 5) is 4.16. The van der Waals surface area contributed by atoms with Crippen LogP contribution < -0.4 is 5.32 Å². The molecule has 2 aliphatic rings. The first-order valence-electron chi connectivity index (χ1n) is 6.64. The molecular weight excluding hydrogens is 222 g/mol. The highest BCUT2D eigenvalue weighted by Crippen LogP contribution is 2.36. The van der Waals surface area contributed by atoms with E-state index in [0.717, 1.165) is 31.0 Å². The molecule has 2 atom stereocenters. The van der Waals surface area contributed by atoms with Crippen LogP contribution in [-0.4, -0.2) is 18.1 Å². The topological polar surface area (TPSA) is 48.7 Å². The van der Waals surface area contributed by atoms with Gasteiger partial charge >= 0.3 is 0 Å². The second kappa shape index (κ2) is 4.91. The van der Waals surface area contributed by atoms with Gasteiger partial charge in [-0.25, -0.2) is 0 Å². The summed E-state index contributed by atoms with van der Waals surface area (Å²) in [6, 6.07) is 4.11. The lowest BCUT2D eigenvalue weighted by molar-refractivity contribution is 0.279. The van der Waals surface area contributed by atoms with Gasteiger partial charge in [0, 0.05) is 18.9 Å². The molecule has 0 radical (unpaired) electrons. The zero-order chi connectivity index (χ0) is 12.4. The van der Waals surface area contributed by atoms with Crippen LogP contribution in [0, 0.1) is 23.2 Å². The molecule has 2 heterocycles. The third-order valence-electron chi connectivity index (χ3n) is 4.12. The molecule has 18 heavy (non-hydrogen) atoms. The molecule has 3 nitrogen and oxygen atoms in total. The summed E-state index contributed by atoms with van der Waals surface area (Å²) < 4.78 is 0. The zero-order valence-corrected chi connectivity index (χ0v) is 10.4. The Kier molecular flexibility index (Phi) is 3.12. The molecule has 0 amide bonds. The number of allylic oxidation sites excluding steroid dienone is 1. The third kappa shape index (κ3) is 2.16. The largest absolute Gasteiger partial charge is 0.316 e. The van der Waals surface area contributed by atoms with E-state index in [9.17, 15) is 0 Å². The zero-order valence-electron chi connectivity index (χ0n) is 10.4. The van der Waals surface area contributed by atoms with Crippen molar-refractivity contribution in [1.82, 2.24) is 10.3 Å². The van der Waals surface area contributed by atoms with Crippen LogP contribution in [0.2, 0.25) is 0 Å². The number of aromatic nitrogens is 1. The van der Waals surface area contributed by atoms with Gasteiger partial charge in [-0.15, -0.1) is 0 Å². The van der Waals surface area contributed by atoms with Crippen LogP contribution in [0.4, 0.5) is 0 Å². The Bertz CT molecular complexity index is 513. The van der Waals surface area contributed by atoms with Crippen LogP contribution in [0.5, 0.6) is 0 Å². The molecule has 0 aromatic carbocycles. The molecule has 1 aliphatic heterocycles. The van der Waals surface area contributed by atoms with Crippen molar-refractivity contribution in [3.05, 3.63) is 35.7 Å². The summed E-state index contributed by atoms with van der Waals surface area (Å²) in [7, 11) is 0. The standard InChI is InChI=1S/C15H17N3/c16-7-11-5-14(10-18-8-11)13-2-1-12-3-4-17-9-15(12)6-13/h5-6,8,10,12,15,17H,1-4,9H2/t12-,15+/m0/s1. The first kappa shape index (κ1) is 11.4. The van der Waals surface area contributed by atoms with Gasteiger partial charge < -0.3 is 5.32 Å². The Morgan fingerprint density at radius 1 is 1.33 bits per heavy atom. The smallest absolute Gasteiger partial charge is 0.101 e. The number of pyridine rings is 1. The minimum atomic E-state index is 0.650. The van der Waals surface area contributed by atoms with E-state index in [0.29, 0.717) is 11.5 Å². The quantitative estimate of drug-likeness (QED) is 0.818. The van der Waals surface area contributed by atoms with Crippen LogP contribution in [0.25, 0.3) is 5.57 Å². The Labute approximate surface area is 108 Å². The lowest BCUT2D eigenvalue weighted by atomic mass is 9.76.